The maximum Gasteiger partial charge on any atom is 0.258 e. The van der Waals surface area contributed by atoms with Gasteiger partial charge in [0.2, 0.25) is 0 Å². The van der Waals surface area contributed by atoms with Crippen molar-refractivity contribution in [3.05, 3.63) is 69.8 Å². The number of aromatic nitrogens is 2. The predicted octanol–water partition coefficient (Wildman–Crippen LogP) is 2.01. The number of aryl methyl sites for hydroxylation is 1. The third kappa shape index (κ3) is 3.35. The second-order valence-corrected chi connectivity index (χ2v) is 7.55. The molecule has 4 rings (SSSR count). The number of benzene rings is 2. The van der Waals surface area contributed by atoms with Crippen molar-refractivity contribution in [2.24, 2.45) is 0 Å². The molecule has 1 aromatic heterocycles. The zero-order chi connectivity index (χ0) is 19.0. The Morgan fingerprint density at radius 3 is 2.59 bits per heavy atom. The largest absolute Gasteiger partial charge is 0.360 e. The molecule has 0 radical (unpaired) electrons. The standard InChI is InChI=1S/C22H26N4O/c1-15-7-6-10-20(16(15)2)26-13-11-25(12-14-26)17(3)21-23-19-9-5-4-8-18(19)22(27)24-21/h4-10,17H,11-14H2,1-3H3,(H,23,24,27)/p+1/t17-/m0/s1. The number of aromatic amines is 1. The molecule has 0 unspecified atom stereocenters. The summed E-state index contributed by atoms with van der Waals surface area (Å²) < 4.78 is 0. The summed E-state index contributed by atoms with van der Waals surface area (Å²) in [5.41, 5.74) is 4.79. The molecule has 1 atom stereocenters. The number of quaternary nitrogens is 1. The first-order valence-electron chi connectivity index (χ1n) is 9.69. The molecular weight excluding hydrogens is 336 g/mol. The second kappa shape index (κ2) is 7.16. The van der Waals surface area contributed by atoms with Gasteiger partial charge >= 0.3 is 0 Å². The molecule has 1 aliphatic rings. The number of hydrogen-bond acceptors (Lipinski definition) is 3. The molecule has 2 heterocycles. The summed E-state index contributed by atoms with van der Waals surface area (Å²) in [5, 5.41) is 0.656. The van der Waals surface area contributed by atoms with E-state index in [0.29, 0.717) is 5.39 Å². The van der Waals surface area contributed by atoms with Crippen LogP contribution >= 0.6 is 0 Å². The van der Waals surface area contributed by atoms with Gasteiger partial charge in [-0.25, -0.2) is 4.98 Å². The zero-order valence-corrected chi connectivity index (χ0v) is 16.2. The summed E-state index contributed by atoms with van der Waals surface area (Å²) in [6, 6.07) is 14.2. The van der Waals surface area contributed by atoms with Gasteiger partial charge in [0.05, 0.1) is 37.1 Å². The van der Waals surface area contributed by atoms with Gasteiger partial charge in [-0.2, -0.15) is 0 Å². The molecule has 5 heteroatoms. The number of para-hydroxylation sites is 1. The molecule has 1 fully saturated rings. The minimum absolute atomic E-state index is 0.0455. The lowest BCUT2D eigenvalue weighted by Crippen LogP contribution is -3.14. The van der Waals surface area contributed by atoms with Crippen molar-refractivity contribution in [3.8, 4) is 0 Å². The van der Waals surface area contributed by atoms with Crippen molar-refractivity contribution >= 4 is 16.6 Å². The van der Waals surface area contributed by atoms with Crippen LogP contribution in [-0.2, 0) is 0 Å². The van der Waals surface area contributed by atoms with Crippen LogP contribution in [0.25, 0.3) is 10.9 Å². The minimum atomic E-state index is -0.0455. The Morgan fingerprint density at radius 2 is 1.81 bits per heavy atom. The Bertz CT molecular complexity index is 1020. The van der Waals surface area contributed by atoms with E-state index in [9.17, 15) is 4.79 Å². The van der Waals surface area contributed by atoms with Crippen LogP contribution in [0, 0.1) is 13.8 Å². The number of nitrogens with zero attached hydrogens (tertiary/aromatic N) is 2. The van der Waals surface area contributed by atoms with Crippen LogP contribution in [0.1, 0.15) is 29.9 Å². The molecule has 0 aliphatic carbocycles. The highest BCUT2D eigenvalue weighted by Gasteiger charge is 2.28. The van der Waals surface area contributed by atoms with Crippen molar-refractivity contribution < 1.29 is 4.90 Å². The van der Waals surface area contributed by atoms with Crippen LogP contribution in [0.3, 0.4) is 0 Å². The van der Waals surface area contributed by atoms with Crippen LogP contribution in [0.5, 0.6) is 0 Å². The molecule has 2 aromatic carbocycles. The lowest BCUT2D eigenvalue weighted by molar-refractivity contribution is -0.930. The summed E-state index contributed by atoms with van der Waals surface area (Å²) in [6.45, 7) is 10.6. The zero-order valence-electron chi connectivity index (χ0n) is 16.2. The van der Waals surface area contributed by atoms with Gasteiger partial charge in [0, 0.05) is 5.69 Å². The smallest absolute Gasteiger partial charge is 0.258 e. The molecule has 0 saturated carbocycles. The van der Waals surface area contributed by atoms with E-state index >= 15 is 0 Å². The summed E-state index contributed by atoms with van der Waals surface area (Å²) in [6.07, 6.45) is 0. The van der Waals surface area contributed by atoms with Crippen molar-refractivity contribution in [1.29, 1.82) is 0 Å². The first-order valence-corrected chi connectivity index (χ1v) is 9.69. The normalized spacial score (nSPS) is 16.6. The fourth-order valence-corrected chi connectivity index (χ4v) is 4.05. The summed E-state index contributed by atoms with van der Waals surface area (Å²) in [4.78, 5) is 24.1. The van der Waals surface area contributed by atoms with Crippen molar-refractivity contribution in [1.82, 2.24) is 9.97 Å². The van der Waals surface area contributed by atoms with Gasteiger partial charge in [0.15, 0.2) is 5.82 Å². The molecule has 1 aliphatic heterocycles. The van der Waals surface area contributed by atoms with Gasteiger partial charge in [0.25, 0.3) is 5.56 Å². The van der Waals surface area contributed by atoms with E-state index in [-0.39, 0.29) is 11.6 Å². The quantitative estimate of drug-likeness (QED) is 0.748. The summed E-state index contributed by atoms with van der Waals surface area (Å²) in [7, 11) is 0. The van der Waals surface area contributed by atoms with Crippen molar-refractivity contribution in [2.75, 3.05) is 31.1 Å². The third-order valence-corrected chi connectivity index (χ3v) is 5.98. The predicted molar refractivity (Wildman–Crippen MR) is 110 cm³/mol. The van der Waals surface area contributed by atoms with E-state index in [2.05, 4.69) is 48.9 Å². The van der Waals surface area contributed by atoms with E-state index in [0.717, 1.165) is 37.5 Å². The average Bonchev–Trinajstić information content (AvgIpc) is 2.70. The second-order valence-electron chi connectivity index (χ2n) is 7.55. The average molecular weight is 363 g/mol. The maximum absolute atomic E-state index is 12.4. The van der Waals surface area contributed by atoms with Crippen molar-refractivity contribution in [3.63, 3.8) is 0 Å². The monoisotopic (exact) mass is 363 g/mol. The molecule has 2 N–H and O–H groups in total. The lowest BCUT2D eigenvalue weighted by atomic mass is 10.1. The molecule has 0 spiro atoms. The molecular formula is C22H27N4O+. The number of piperazine rings is 1. The van der Waals surface area contributed by atoms with Crippen LogP contribution < -0.4 is 15.4 Å². The topological polar surface area (TPSA) is 53.4 Å². The fraction of sp³-hybridized carbons (Fsp3) is 0.364. The fourth-order valence-electron chi connectivity index (χ4n) is 4.05. The van der Waals surface area contributed by atoms with Crippen LogP contribution in [0.2, 0.25) is 0 Å². The molecule has 140 valence electrons. The lowest BCUT2D eigenvalue weighted by Gasteiger charge is -2.37. The van der Waals surface area contributed by atoms with Crippen LogP contribution in [-0.4, -0.2) is 36.1 Å². The van der Waals surface area contributed by atoms with Crippen molar-refractivity contribution in [2.45, 2.75) is 26.8 Å². The number of nitrogens with one attached hydrogen (secondary N) is 2. The highest BCUT2D eigenvalue weighted by atomic mass is 16.1. The summed E-state index contributed by atoms with van der Waals surface area (Å²) >= 11 is 0. The highest BCUT2D eigenvalue weighted by molar-refractivity contribution is 5.77. The molecule has 0 amide bonds. The Kier molecular flexibility index (Phi) is 4.70. The SMILES string of the molecule is Cc1cccc(N2CC[NH+]([C@@H](C)c3nc4ccccc4c(=O)[nH]3)CC2)c1C. The molecule has 1 saturated heterocycles. The number of rotatable bonds is 3. The van der Waals surface area contributed by atoms with E-state index in [1.807, 2.05) is 24.3 Å². The van der Waals surface area contributed by atoms with Gasteiger partial charge < -0.3 is 14.8 Å². The number of fused-ring (bicyclic) bond motifs is 1. The first kappa shape index (κ1) is 17.7. The van der Waals surface area contributed by atoms with E-state index in [4.69, 9.17) is 4.98 Å². The molecule has 3 aromatic rings. The summed E-state index contributed by atoms with van der Waals surface area (Å²) in [5.74, 6) is 0.786. The molecule has 5 nitrogen and oxygen atoms in total. The third-order valence-electron chi connectivity index (χ3n) is 5.98. The maximum atomic E-state index is 12.4. The van der Waals surface area contributed by atoms with Crippen LogP contribution in [0.15, 0.2) is 47.3 Å². The molecule has 0 bridgehead atoms. The number of hydrogen-bond donors (Lipinski definition) is 2. The van der Waals surface area contributed by atoms with Gasteiger partial charge in [-0.1, -0.05) is 24.3 Å². The number of anilines is 1. The van der Waals surface area contributed by atoms with Gasteiger partial charge in [-0.05, 0) is 50.1 Å². The van der Waals surface area contributed by atoms with Gasteiger partial charge in [0.1, 0.15) is 6.04 Å². The van der Waals surface area contributed by atoms with Gasteiger partial charge in [-0.15, -0.1) is 0 Å². The van der Waals surface area contributed by atoms with E-state index < -0.39 is 0 Å². The number of H-pyrrole nitrogens is 1. The van der Waals surface area contributed by atoms with E-state index in [1.54, 1.807) is 0 Å². The van der Waals surface area contributed by atoms with E-state index in [1.165, 1.54) is 21.7 Å². The Morgan fingerprint density at radius 1 is 1.07 bits per heavy atom. The first-order chi connectivity index (χ1) is 13.0. The van der Waals surface area contributed by atoms with Crippen LogP contribution in [0.4, 0.5) is 5.69 Å². The Balaban J connectivity index is 1.51. The highest BCUT2D eigenvalue weighted by Crippen LogP contribution is 2.22. The van der Waals surface area contributed by atoms with Gasteiger partial charge in [-0.3, -0.25) is 4.79 Å². The minimum Gasteiger partial charge on any atom is -0.360 e. The Hall–Kier alpha value is -2.66. The molecule has 27 heavy (non-hydrogen) atoms. The Labute approximate surface area is 159 Å².